The zero-order chi connectivity index (χ0) is 15.6. The van der Waals surface area contributed by atoms with Crippen LogP contribution in [0.1, 0.15) is 37.5 Å². The first-order valence-electron chi connectivity index (χ1n) is 6.94. The van der Waals surface area contributed by atoms with E-state index in [4.69, 9.17) is 16.3 Å². The molecule has 0 saturated carbocycles. The highest BCUT2D eigenvalue weighted by molar-refractivity contribution is 6.17. The summed E-state index contributed by atoms with van der Waals surface area (Å²) in [5.41, 5.74) is 2.91. The van der Waals surface area contributed by atoms with Crippen LogP contribution in [0, 0.1) is 12.7 Å². The van der Waals surface area contributed by atoms with E-state index >= 15 is 0 Å². The van der Waals surface area contributed by atoms with Gasteiger partial charge in [-0.25, -0.2) is 4.39 Å². The molecule has 0 aliphatic heterocycles. The average molecular weight is 307 g/mol. The molecule has 0 amide bonds. The second-order valence-electron chi connectivity index (χ2n) is 6.24. The maximum atomic E-state index is 13.3. The molecule has 21 heavy (non-hydrogen) atoms. The molecule has 0 aliphatic rings. The van der Waals surface area contributed by atoms with Crippen LogP contribution in [0.3, 0.4) is 0 Å². The van der Waals surface area contributed by atoms with E-state index in [0.717, 1.165) is 11.3 Å². The van der Waals surface area contributed by atoms with Crippen LogP contribution in [-0.4, -0.2) is 0 Å². The number of halogens is 2. The van der Waals surface area contributed by atoms with Crippen LogP contribution < -0.4 is 4.74 Å². The van der Waals surface area contributed by atoms with Gasteiger partial charge in [-0.15, -0.1) is 11.6 Å². The summed E-state index contributed by atoms with van der Waals surface area (Å²) in [7, 11) is 0. The van der Waals surface area contributed by atoms with Crippen molar-refractivity contribution >= 4 is 11.6 Å². The Balaban J connectivity index is 2.45. The fourth-order valence-corrected chi connectivity index (χ4v) is 2.40. The smallest absolute Gasteiger partial charge is 0.132 e. The summed E-state index contributed by atoms with van der Waals surface area (Å²) >= 11 is 5.88. The molecule has 0 bridgehead atoms. The lowest BCUT2D eigenvalue weighted by Crippen LogP contribution is -2.13. The first kappa shape index (κ1) is 15.8. The average Bonchev–Trinajstić information content (AvgIpc) is 2.41. The first-order chi connectivity index (χ1) is 9.81. The highest BCUT2D eigenvalue weighted by atomic mass is 35.5. The molecular weight excluding hydrogens is 287 g/mol. The lowest BCUT2D eigenvalue weighted by Gasteiger charge is -2.23. The fraction of sp³-hybridized carbons (Fsp3) is 0.333. The maximum absolute atomic E-state index is 13.3. The van der Waals surface area contributed by atoms with Crippen LogP contribution in [0.15, 0.2) is 36.4 Å². The van der Waals surface area contributed by atoms with Crippen molar-refractivity contribution in [3.8, 4) is 11.5 Å². The Morgan fingerprint density at radius 3 is 2.33 bits per heavy atom. The topological polar surface area (TPSA) is 9.23 Å². The minimum Gasteiger partial charge on any atom is -0.457 e. The zero-order valence-electron chi connectivity index (χ0n) is 12.8. The summed E-state index contributed by atoms with van der Waals surface area (Å²) in [4.78, 5) is 0. The molecule has 0 radical (unpaired) electrons. The molecule has 0 spiro atoms. The van der Waals surface area contributed by atoms with Gasteiger partial charge in [-0.2, -0.15) is 0 Å². The Labute approximate surface area is 130 Å². The van der Waals surface area contributed by atoms with Crippen molar-refractivity contribution in [3.05, 3.63) is 58.9 Å². The largest absolute Gasteiger partial charge is 0.457 e. The summed E-state index contributed by atoms with van der Waals surface area (Å²) in [6.45, 7) is 8.48. The molecule has 2 aromatic carbocycles. The quantitative estimate of drug-likeness (QED) is 0.635. The molecule has 112 valence electrons. The zero-order valence-corrected chi connectivity index (χ0v) is 13.6. The molecule has 0 unspecified atom stereocenters. The van der Waals surface area contributed by atoms with Gasteiger partial charge >= 0.3 is 0 Å². The molecule has 0 atom stereocenters. The van der Waals surface area contributed by atoms with Crippen LogP contribution in [0.5, 0.6) is 11.5 Å². The number of rotatable bonds is 3. The van der Waals surface area contributed by atoms with Crippen molar-refractivity contribution in [1.29, 1.82) is 0 Å². The summed E-state index contributed by atoms with van der Waals surface area (Å²) in [6, 6.07) is 10.5. The minimum atomic E-state index is -0.307. The second kappa shape index (κ2) is 6.07. The molecule has 0 fully saturated rings. The number of hydrogen-bond acceptors (Lipinski definition) is 1. The van der Waals surface area contributed by atoms with E-state index in [9.17, 15) is 4.39 Å². The summed E-state index contributed by atoms with van der Waals surface area (Å²) in [5, 5.41) is 0. The van der Waals surface area contributed by atoms with Gasteiger partial charge in [0.2, 0.25) is 0 Å². The minimum absolute atomic E-state index is 0.0392. The Bertz CT molecular complexity index is 644. The first-order valence-corrected chi connectivity index (χ1v) is 7.48. The standard InChI is InChI=1S/C18H20ClFO/c1-12-5-7-17(15(9-12)18(2,3)4)21-16-8-6-14(20)10-13(16)11-19/h5-10H,11H2,1-4H3. The van der Waals surface area contributed by atoms with Crippen LogP contribution >= 0.6 is 11.6 Å². The fourth-order valence-electron chi connectivity index (χ4n) is 2.19. The number of aryl methyl sites for hydroxylation is 1. The molecule has 0 aromatic heterocycles. The van der Waals surface area contributed by atoms with E-state index < -0.39 is 0 Å². The predicted octanol–water partition coefficient (Wildman–Crippen LogP) is 5.96. The molecule has 0 aliphatic carbocycles. The van der Waals surface area contributed by atoms with Gasteiger partial charge in [0, 0.05) is 11.1 Å². The molecule has 3 heteroatoms. The molecule has 0 N–H and O–H groups in total. The Kier molecular flexibility index (Phi) is 4.58. The lowest BCUT2D eigenvalue weighted by molar-refractivity contribution is 0.450. The Hall–Kier alpha value is -1.54. The van der Waals surface area contributed by atoms with Crippen LogP contribution in [0.2, 0.25) is 0 Å². The molecule has 0 heterocycles. The molecular formula is C18H20ClFO. The van der Waals surface area contributed by atoms with Gasteiger partial charge in [-0.1, -0.05) is 38.5 Å². The van der Waals surface area contributed by atoms with Crippen LogP contribution in [-0.2, 0) is 11.3 Å². The summed E-state index contributed by atoms with van der Waals surface area (Å²) < 4.78 is 19.3. The Morgan fingerprint density at radius 2 is 1.71 bits per heavy atom. The second-order valence-corrected chi connectivity index (χ2v) is 6.50. The van der Waals surface area contributed by atoms with Gasteiger partial charge in [0.05, 0.1) is 5.88 Å². The highest BCUT2D eigenvalue weighted by Crippen LogP contribution is 2.36. The van der Waals surface area contributed by atoms with E-state index in [1.807, 2.05) is 12.1 Å². The number of ether oxygens (including phenoxy) is 1. The van der Waals surface area contributed by atoms with Gasteiger partial charge in [0.25, 0.3) is 0 Å². The van der Waals surface area contributed by atoms with Gasteiger partial charge in [-0.3, -0.25) is 0 Å². The number of alkyl halides is 1. The third kappa shape index (κ3) is 3.76. The monoisotopic (exact) mass is 306 g/mol. The summed E-state index contributed by atoms with van der Waals surface area (Å²) in [5.74, 6) is 1.29. The molecule has 2 aromatic rings. The molecule has 0 saturated heterocycles. The van der Waals surface area contributed by atoms with Gasteiger partial charge in [-0.05, 0) is 36.6 Å². The van der Waals surface area contributed by atoms with E-state index in [1.54, 1.807) is 6.07 Å². The third-order valence-corrected chi connectivity index (χ3v) is 3.62. The number of benzene rings is 2. The predicted molar refractivity (Wildman–Crippen MR) is 85.9 cm³/mol. The van der Waals surface area contributed by atoms with Crippen molar-refractivity contribution in [1.82, 2.24) is 0 Å². The number of hydrogen-bond donors (Lipinski definition) is 0. The van der Waals surface area contributed by atoms with Crippen LogP contribution in [0.4, 0.5) is 4.39 Å². The lowest BCUT2D eigenvalue weighted by atomic mass is 9.85. The highest BCUT2D eigenvalue weighted by Gasteiger charge is 2.20. The maximum Gasteiger partial charge on any atom is 0.132 e. The van der Waals surface area contributed by atoms with Gasteiger partial charge in [0.1, 0.15) is 17.3 Å². The van der Waals surface area contributed by atoms with Crippen molar-refractivity contribution in [2.24, 2.45) is 0 Å². The SMILES string of the molecule is Cc1ccc(Oc2ccc(F)cc2CCl)c(C(C)(C)C)c1. The normalized spacial score (nSPS) is 11.5. The van der Waals surface area contributed by atoms with Crippen LogP contribution in [0.25, 0.3) is 0 Å². The van der Waals surface area contributed by atoms with E-state index in [0.29, 0.717) is 11.3 Å². The third-order valence-electron chi connectivity index (χ3n) is 3.33. The van der Waals surface area contributed by atoms with Crippen molar-refractivity contribution in [2.45, 2.75) is 39.0 Å². The van der Waals surface area contributed by atoms with E-state index in [1.165, 1.54) is 17.7 Å². The van der Waals surface area contributed by atoms with Crippen molar-refractivity contribution in [3.63, 3.8) is 0 Å². The van der Waals surface area contributed by atoms with Gasteiger partial charge in [0.15, 0.2) is 0 Å². The van der Waals surface area contributed by atoms with Crippen molar-refractivity contribution < 1.29 is 9.13 Å². The summed E-state index contributed by atoms with van der Waals surface area (Å²) in [6.07, 6.45) is 0. The van der Waals surface area contributed by atoms with Gasteiger partial charge < -0.3 is 4.74 Å². The van der Waals surface area contributed by atoms with E-state index in [2.05, 4.69) is 33.8 Å². The molecule has 1 nitrogen and oxygen atoms in total. The van der Waals surface area contributed by atoms with E-state index in [-0.39, 0.29) is 17.1 Å². The Morgan fingerprint density at radius 1 is 1.05 bits per heavy atom. The molecule has 2 rings (SSSR count). The van der Waals surface area contributed by atoms with Crippen molar-refractivity contribution in [2.75, 3.05) is 0 Å².